The Hall–Kier alpha value is -2.19. The minimum absolute atomic E-state index is 0.174. The average Bonchev–Trinajstić information content (AvgIpc) is 2.60. The molecule has 0 saturated carbocycles. The van der Waals surface area contributed by atoms with Gasteiger partial charge in [0.1, 0.15) is 13.2 Å². The topological polar surface area (TPSA) is 81.7 Å². The van der Waals surface area contributed by atoms with Crippen molar-refractivity contribution in [2.45, 2.75) is 9.79 Å². The molecule has 0 atom stereocenters. The van der Waals surface area contributed by atoms with Crippen LogP contribution in [-0.2, 0) is 9.84 Å². The zero-order valence-electron chi connectivity index (χ0n) is 13.7. The van der Waals surface area contributed by atoms with Gasteiger partial charge < -0.3 is 14.8 Å². The van der Waals surface area contributed by atoms with Crippen molar-refractivity contribution >= 4 is 33.2 Å². The van der Waals surface area contributed by atoms with Crippen LogP contribution in [0.3, 0.4) is 0 Å². The van der Waals surface area contributed by atoms with Crippen molar-refractivity contribution < 1.29 is 22.7 Å². The summed E-state index contributed by atoms with van der Waals surface area (Å²) in [5, 5.41) is 2.84. The first-order valence-electron chi connectivity index (χ1n) is 7.47. The summed E-state index contributed by atoms with van der Waals surface area (Å²) >= 11 is 1.48. The summed E-state index contributed by atoms with van der Waals surface area (Å²) in [5.41, 5.74) is 0.989. The summed E-state index contributed by atoms with van der Waals surface area (Å²) in [6.45, 7) is 0.963. The number of anilines is 1. The third kappa shape index (κ3) is 3.91. The fourth-order valence-corrected chi connectivity index (χ4v) is 3.57. The molecule has 0 unspecified atom stereocenters. The van der Waals surface area contributed by atoms with Crippen LogP contribution in [0.2, 0.25) is 0 Å². The zero-order valence-corrected chi connectivity index (χ0v) is 15.4. The van der Waals surface area contributed by atoms with E-state index in [0.717, 1.165) is 11.2 Å². The lowest BCUT2D eigenvalue weighted by molar-refractivity contribution is 0.102. The van der Waals surface area contributed by atoms with Crippen molar-refractivity contribution in [3.05, 3.63) is 42.0 Å². The van der Waals surface area contributed by atoms with Crippen molar-refractivity contribution in [3.63, 3.8) is 0 Å². The second-order valence-corrected chi connectivity index (χ2v) is 8.31. The number of rotatable bonds is 4. The summed E-state index contributed by atoms with van der Waals surface area (Å²) in [7, 11) is -3.29. The number of benzene rings is 2. The number of ether oxygens (including phenoxy) is 2. The van der Waals surface area contributed by atoms with E-state index in [-0.39, 0.29) is 10.8 Å². The van der Waals surface area contributed by atoms with Crippen molar-refractivity contribution in [1.29, 1.82) is 0 Å². The first kappa shape index (κ1) is 17.6. The van der Waals surface area contributed by atoms with E-state index in [1.165, 1.54) is 36.0 Å². The van der Waals surface area contributed by atoms with Gasteiger partial charge in [-0.3, -0.25) is 4.79 Å². The molecule has 6 nitrogen and oxygen atoms in total. The summed E-state index contributed by atoms with van der Waals surface area (Å²) in [6.07, 6.45) is 3.03. The Labute approximate surface area is 150 Å². The Morgan fingerprint density at radius 1 is 1.08 bits per heavy atom. The van der Waals surface area contributed by atoms with Gasteiger partial charge in [0, 0.05) is 22.8 Å². The molecule has 3 rings (SSSR count). The van der Waals surface area contributed by atoms with Crippen LogP contribution >= 0.6 is 11.8 Å². The van der Waals surface area contributed by atoms with Gasteiger partial charge in [-0.1, -0.05) is 0 Å². The van der Waals surface area contributed by atoms with Crippen molar-refractivity contribution in [2.75, 3.05) is 31.0 Å². The van der Waals surface area contributed by atoms with E-state index in [4.69, 9.17) is 9.47 Å². The molecule has 132 valence electrons. The van der Waals surface area contributed by atoms with E-state index >= 15 is 0 Å². The Morgan fingerprint density at radius 3 is 2.24 bits per heavy atom. The lowest BCUT2D eigenvalue weighted by atomic mass is 10.2. The molecule has 1 heterocycles. The van der Waals surface area contributed by atoms with E-state index in [1.54, 1.807) is 6.07 Å². The predicted octanol–water partition coefficient (Wildman–Crippen LogP) is 2.84. The third-order valence-corrected chi connectivity index (χ3v) is 5.56. The fourth-order valence-electron chi connectivity index (χ4n) is 2.38. The Kier molecular flexibility index (Phi) is 4.91. The van der Waals surface area contributed by atoms with Gasteiger partial charge in [0.25, 0.3) is 5.91 Å². The molecule has 25 heavy (non-hydrogen) atoms. The highest BCUT2D eigenvalue weighted by Gasteiger charge is 2.18. The Balaban J connectivity index is 1.85. The van der Waals surface area contributed by atoms with Crippen LogP contribution in [0.1, 0.15) is 10.4 Å². The van der Waals surface area contributed by atoms with Gasteiger partial charge in [0.2, 0.25) is 0 Å². The molecule has 1 aliphatic heterocycles. The van der Waals surface area contributed by atoms with Crippen molar-refractivity contribution in [1.82, 2.24) is 0 Å². The van der Waals surface area contributed by atoms with Gasteiger partial charge in [0.05, 0.1) is 10.6 Å². The summed E-state index contributed by atoms with van der Waals surface area (Å²) in [5.74, 6) is 0.921. The molecular formula is C17H17NO5S2. The SMILES string of the molecule is CSc1cc2c(cc1NC(=O)c1ccc(S(C)(=O)=O)cc1)OCCO2. The van der Waals surface area contributed by atoms with Gasteiger partial charge in [-0.05, 0) is 36.6 Å². The molecule has 2 aromatic carbocycles. The molecule has 8 heteroatoms. The Bertz CT molecular complexity index is 907. The molecule has 0 radical (unpaired) electrons. The molecule has 2 aromatic rings. The lowest BCUT2D eigenvalue weighted by Gasteiger charge is -2.21. The highest BCUT2D eigenvalue weighted by atomic mass is 32.2. The van der Waals surface area contributed by atoms with E-state index in [0.29, 0.717) is 36.0 Å². The highest BCUT2D eigenvalue weighted by Crippen LogP contribution is 2.39. The van der Waals surface area contributed by atoms with Crippen molar-refractivity contribution in [2.24, 2.45) is 0 Å². The largest absolute Gasteiger partial charge is 0.486 e. The van der Waals surface area contributed by atoms with E-state index in [9.17, 15) is 13.2 Å². The van der Waals surface area contributed by atoms with Crippen LogP contribution in [0.15, 0.2) is 46.2 Å². The van der Waals surface area contributed by atoms with E-state index in [2.05, 4.69) is 5.32 Å². The van der Waals surface area contributed by atoms with E-state index < -0.39 is 9.84 Å². The zero-order chi connectivity index (χ0) is 18.0. The molecule has 0 spiro atoms. The minimum atomic E-state index is -3.29. The molecule has 0 saturated heterocycles. The highest BCUT2D eigenvalue weighted by molar-refractivity contribution is 7.98. The van der Waals surface area contributed by atoms with Gasteiger partial charge in [-0.15, -0.1) is 11.8 Å². The lowest BCUT2D eigenvalue weighted by Crippen LogP contribution is -2.17. The number of carbonyl (C=O) groups excluding carboxylic acids is 1. The smallest absolute Gasteiger partial charge is 0.255 e. The van der Waals surface area contributed by atoms with Gasteiger partial charge >= 0.3 is 0 Å². The molecule has 0 aliphatic carbocycles. The number of thioether (sulfide) groups is 1. The van der Waals surface area contributed by atoms with Crippen LogP contribution in [0.5, 0.6) is 11.5 Å². The monoisotopic (exact) mass is 379 g/mol. The molecule has 1 aliphatic rings. The van der Waals surface area contributed by atoms with Gasteiger partial charge in [-0.2, -0.15) is 0 Å². The molecule has 0 fully saturated rings. The second kappa shape index (κ2) is 6.97. The summed E-state index contributed by atoms with van der Waals surface area (Å²) in [4.78, 5) is 13.5. The second-order valence-electron chi connectivity index (χ2n) is 5.45. The first-order chi connectivity index (χ1) is 11.9. The minimum Gasteiger partial charge on any atom is -0.486 e. The number of amides is 1. The first-order valence-corrected chi connectivity index (χ1v) is 10.6. The van der Waals surface area contributed by atoms with Gasteiger partial charge in [0.15, 0.2) is 21.3 Å². The third-order valence-electron chi connectivity index (χ3n) is 3.66. The number of fused-ring (bicyclic) bond motifs is 1. The quantitative estimate of drug-likeness (QED) is 0.823. The maximum Gasteiger partial charge on any atom is 0.255 e. The standard InChI is InChI=1S/C17H17NO5S2/c1-24-16-10-15-14(22-7-8-23-15)9-13(16)18-17(19)11-3-5-12(6-4-11)25(2,20)21/h3-6,9-10H,7-8H2,1-2H3,(H,18,19). The summed E-state index contributed by atoms with van der Waals surface area (Å²) < 4.78 is 34.1. The van der Waals surface area contributed by atoms with E-state index in [1.807, 2.05) is 12.3 Å². The molecule has 1 amide bonds. The maximum absolute atomic E-state index is 12.5. The van der Waals surface area contributed by atoms with Gasteiger partial charge in [-0.25, -0.2) is 8.42 Å². The van der Waals surface area contributed by atoms with Crippen molar-refractivity contribution in [3.8, 4) is 11.5 Å². The number of hydrogen-bond acceptors (Lipinski definition) is 6. The molecule has 1 N–H and O–H groups in total. The van der Waals surface area contributed by atoms with Crippen LogP contribution < -0.4 is 14.8 Å². The van der Waals surface area contributed by atoms with Crippen LogP contribution in [0.25, 0.3) is 0 Å². The summed E-state index contributed by atoms with van der Waals surface area (Å²) in [6, 6.07) is 9.39. The molecular weight excluding hydrogens is 362 g/mol. The number of hydrogen-bond donors (Lipinski definition) is 1. The van der Waals surface area contributed by atoms with Crippen LogP contribution in [0, 0.1) is 0 Å². The predicted molar refractivity (Wildman–Crippen MR) is 96.7 cm³/mol. The number of nitrogens with one attached hydrogen (secondary N) is 1. The maximum atomic E-state index is 12.5. The number of carbonyl (C=O) groups is 1. The average molecular weight is 379 g/mol. The Morgan fingerprint density at radius 2 is 1.68 bits per heavy atom. The molecule has 0 aromatic heterocycles. The normalized spacial score (nSPS) is 13.4. The number of sulfone groups is 1. The fraction of sp³-hybridized carbons (Fsp3) is 0.235. The molecule has 0 bridgehead atoms. The van der Waals surface area contributed by atoms with Crippen LogP contribution in [0.4, 0.5) is 5.69 Å². The van der Waals surface area contributed by atoms with Crippen LogP contribution in [-0.4, -0.2) is 40.1 Å².